The van der Waals surface area contributed by atoms with Crippen molar-refractivity contribution in [3.05, 3.63) is 77.3 Å². The van der Waals surface area contributed by atoms with E-state index in [4.69, 9.17) is 21.3 Å². The number of hydrogen-bond acceptors (Lipinski definition) is 8. The average Bonchev–Trinajstić information content (AvgIpc) is 3.37. The van der Waals surface area contributed by atoms with Gasteiger partial charge in [-0.1, -0.05) is 29.0 Å². The monoisotopic (exact) mass is 599 g/mol. The van der Waals surface area contributed by atoms with Crippen molar-refractivity contribution in [2.45, 2.75) is 11.8 Å². The molecule has 2 heterocycles. The summed E-state index contributed by atoms with van der Waals surface area (Å²) in [5.74, 6) is 0.607. The lowest BCUT2D eigenvalue weighted by molar-refractivity contribution is 0.0948. The SMILES string of the molecule is CCOc1ccc2nc(N3CCN(CCNC(=O)c4cccc(NS(=O)(=O)c5ccc(Cl)cc5)c4)CC3)sc2c1. The number of anilines is 2. The van der Waals surface area contributed by atoms with Crippen molar-refractivity contribution >= 4 is 59.9 Å². The van der Waals surface area contributed by atoms with Gasteiger partial charge >= 0.3 is 0 Å². The van der Waals surface area contributed by atoms with E-state index < -0.39 is 10.0 Å². The number of sulfonamides is 1. The minimum atomic E-state index is -3.80. The van der Waals surface area contributed by atoms with E-state index in [1.165, 1.54) is 30.3 Å². The van der Waals surface area contributed by atoms with E-state index in [0.717, 1.165) is 53.8 Å². The summed E-state index contributed by atoms with van der Waals surface area (Å²) in [6, 6.07) is 18.3. The molecule has 1 aliphatic rings. The van der Waals surface area contributed by atoms with Gasteiger partial charge in [-0.3, -0.25) is 14.4 Å². The molecule has 0 unspecified atom stereocenters. The Balaban J connectivity index is 1.09. The van der Waals surface area contributed by atoms with Crippen LogP contribution in [0.5, 0.6) is 5.75 Å². The first-order valence-electron chi connectivity index (χ1n) is 13.0. The molecule has 40 heavy (non-hydrogen) atoms. The molecule has 2 N–H and O–H groups in total. The van der Waals surface area contributed by atoms with E-state index in [-0.39, 0.29) is 10.8 Å². The van der Waals surface area contributed by atoms with Gasteiger partial charge in [0, 0.05) is 55.5 Å². The van der Waals surface area contributed by atoms with Crippen LogP contribution in [0.2, 0.25) is 5.02 Å². The highest BCUT2D eigenvalue weighted by molar-refractivity contribution is 7.92. The van der Waals surface area contributed by atoms with Gasteiger partial charge in [-0.25, -0.2) is 13.4 Å². The molecule has 0 spiro atoms. The lowest BCUT2D eigenvalue weighted by Gasteiger charge is -2.34. The van der Waals surface area contributed by atoms with Crippen LogP contribution in [0.3, 0.4) is 0 Å². The number of halogens is 1. The molecule has 3 aromatic carbocycles. The predicted octanol–water partition coefficient (Wildman–Crippen LogP) is 4.70. The van der Waals surface area contributed by atoms with Crippen molar-refractivity contribution in [2.75, 3.05) is 55.5 Å². The molecule has 0 saturated carbocycles. The van der Waals surface area contributed by atoms with E-state index in [2.05, 4.69) is 19.8 Å². The van der Waals surface area contributed by atoms with Crippen molar-refractivity contribution in [2.24, 2.45) is 0 Å². The predicted molar refractivity (Wildman–Crippen MR) is 160 cm³/mol. The minimum absolute atomic E-state index is 0.0886. The third-order valence-electron chi connectivity index (χ3n) is 6.52. The van der Waals surface area contributed by atoms with Crippen molar-refractivity contribution in [3.8, 4) is 5.75 Å². The second-order valence-corrected chi connectivity index (χ2v) is 12.4. The Labute approximate surface area is 242 Å². The zero-order valence-corrected chi connectivity index (χ0v) is 24.4. The molecule has 5 rings (SSSR count). The van der Waals surface area contributed by atoms with Crippen molar-refractivity contribution in [1.29, 1.82) is 0 Å². The first-order chi connectivity index (χ1) is 19.3. The van der Waals surface area contributed by atoms with E-state index in [9.17, 15) is 13.2 Å². The number of benzene rings is 3. The maximum Gasteiger partial charge on any atom is 0.261 e. The highest BCUT2D eigenvalue weighted by Gasteiger charge is 2.20. The van der Waals surface area contributed by atoms with Gasteiger partial charge < -0.3 is 15.0 Å². The van der Waals surface area contributed by atoms with Crippen LogP contribution in [-0.2, 0) is 10.0 Å². The second kappa shape index (κ2) is 12.4. The Kier molecular flexibility index (Phi) is 8.75. The number of aromatic nitrogens is 1. The normalized spacial score (nSPS) is 14.3. The van der Waals surface area contributed by atoms with Gasteiger partial charge in [-0.05, 0) is 67.6 Å². The molecule has 4 aromatic rings. The molecule has 0 radical (unpaired) electrons. The molecule has 0 atom stereocenters. The number of nitrogens with one attached hydrogen (secondary N) is 2. The van der Waals surface area contributed by atoms with Gasteiger partial charge in [-0.15, -0.1) is 0 Å². The molecule has 1 saturated heterocycles. The smallest absolute Gasteiger partial charge is 0.261 e. The minimum Gasteiger partial charge on any atom is -0.494 e. The summed E-state index contributed by atoms with van der Waals surface area (Å²) in [6.07, 6.45) is 0. The number of piperazine rings is 1. The van der Waals surface area contributed by atoms with Gasteiger partial charge in [0.2, 0.25) is 0 Å². The van der Waals surface area contributed by atoms with Gasteiger partial charge in [-0.2, -0.15) is 0 Å². The summed E-state index contributed by atoms with van der Waals surface area (Å²) >= 11 is 7.54. The Morgan fingerprint density at radius 3 is 2.58 bits per heavy atom. The molecular weight excluding hydrogens is 570 g/mol. The van der Waals surface area contributed by atoms with Crippen LogP contribution in [0.1, 0.15) is 17.3 Å². The van der Waals surface area contributed by atoms with Crippen LogP contribution in [-0.4, -0.2) is 70.1 Å². The number of thiazole rings is 1. The number of hydrogen-bond donors (Lipinski definition) is 2. The number of carbonyl (C=O) groups is 1. The van der Waals surface area contributed by atoms with E-state index in [1.807, 2.05) is 25.1 Å². The summed E-state index contributed by atoms with van der Waals surface area (Å²) in [7, 11) is -3.80. The zero-order chi connectivity index (χ0) is 28.1. The zero-order valence-electron chi connectivity index (χ0n) is 22.0. The summed E-state index contributed by atoms with van der Waals surface area (Å²) in [6.45, 7) is 7.29. The molecule has 0 aliphatic carbocycles. The van der Waals surface area contributed by atoms with Crippen LogP contribution in [0.4, 0.5) is 10.8 Å². The van der Waals surface area contributed by atoms with Crippen molar-refractivity contribution < 1.29 is 17.9 Å². The maximum atomic E-state index is 12.8. The maximum absolute atomic E-state index is 12.8. The number of ether oxygens (including phenoxy) is 1. The molecule has 1 amide bonds. The van der Waals surface area contributed by atoms with Crippen molar-refractivity contribution in [3.63, 3.8) is 0 Å². The molecule has 1 aliphatic heterocycles. The topological polar surface area (TPSA) is 104 Å². The molecule has 1 aromatic heterocycles. The fourth-order valence-electron chi connectivity index (χ4n) is 4.43. The summed E-state index contributed by atoms with van der Waals surface area (Å²) in [5, 5.41) is 4.41. The van der Waals surface area contributed by atoms with Crippen LogP contribution < -0.4 is 19.7 Å². The number of carbonyl (C=O) groups excluding carboxylic acids is 1. The molecule has 12 heteroatoms. The number of nitrogens with zero attached hydrogens (tertiary/aromatic N) is 3. The lowest BCUT2D eigenvalue weighted by Crippen LogP contribution is -2.48. The first-order valence-corrected chi connectivity index (χ1v) is 15.7. The van der Waals surface area contributed by atoms with Gasteiger partial charge in [0.15, 0.2) is 5.13 Å². The van der Waals surface area contributed by atoms with Gasteiger partial charge in [0.1, 0.15) is 5.75 Å². The van der Waals surface area contributed by atoms with Crippen LogP contribution in [0.25, 0.3) is 10.2 Å². The quantitative estimate of drug-likeness (QED) is 0.272. The highest BCUT2D eigenvalue weighted by Crippen LogP contribution is 2.32. The standard InChI is InChI=1S/C28H30ClN5O4S2/c1-2-38-23-8-11-25-26(19-23)39-28(31-25)34-16-14-33(15-17-34)13-12-30-27(35)20-4-3-5-22(18-20)32-40(36,37)24-9-6-21(29)7-10-24/h3-11,18-19,32H,2,12-17H2,1H3,(H,30,35). The summed E-state index contributed by atoms with van der Waals surface area (Å²) in [4.78, 5) is 22.3. The molecule has 1 fully saturated rings. The Morgan fingerprint density at radius 1 is 1.05 bits per heavy atom. The largest absolute Gasteiger partial charge is 0.494 e. The third kappa shape index (κ3) is 6.84. The molecule has 0 bridgehead atoms. The molecule has 210 valence electrons. The second-order valence-electron chi connectivity index (χ2n) is 9.28. The van der Waals surface area contributed by atoms with Crippen LogP contribution in [0.15, 0.2) is 71.6 Å². The van der Waals surface area contributed by atoms with E-state index >= 15 is 0 Å². The van der Waals surface area contributed by atoms with E-state index in [1.54, 1.807) is 29.5 Å². The summed E-state index contributed by atoms with van der Waals surface area (Å²) in [5.41, 5.74) is 1.67. The highest BCUT2D eigenvalue weighted by atomic mass is 35.5. The summed E-state index contributed by atoms with van der Waals surface area (Å²) < 4.78 is 34.6. The van der Waals surface area contributed by atoms with Crippen LogP contribution in [0, 0.1) is 0 Å². The van der Waals surface area contributed by atoms with Crippen molar-refractivity contribution in [1.82, 2.24) is 15.2 Å². The van der Waals surface area contributed by atoms with Gasteiger partial charge in [0.05, 0.1) is 21.7 Å². The van der Waals surface area contributed by atoms with Gasteiger partial charge in [0.25, 0.3) is 15.9 Å². The van der Waals surface area contributed by atoms with E-state index in [0.29, 0.717) is 29.4 Å². The lowest BCUT2D eigenvalue weighted by atomic mass is 10.2. The Morgan fingerprint density at radius 2 is 1.82 bits per heavy atom. The number of fused-ring (bicyclic) bond motifs is 1. The average molecular weight is 600 g/mol. The van der Waals surface area contributed by atoms with Crippen LogP contribution >= 0.6 is 22.9 Å². The number of amides is 1. The first kappa shape index (κ1) is 28.2. The fraction of sp³-hybridized carbons (Fsp3) is 0.286. The Hall–Kier alpha value is -3.38. The molecule has 9 nitrogen and oxygen atoms in total. The fourth-order valence-corrected chi connectivity index (χ4v) is 6.65. The molecular formula is C28H30ClN5O4S2. The number of rotatable bonds is 10. The third-order valence-corrected chi connectivity index (χ3v) is 9.25. The Bertz CT molecular complexity index is 1590.